The fourth-order valence-electron chi connectivity index (χ4n) is 1.51. The molecule has 1 rings (SSSR count). The van der Waals surface area contributed by atoms with E-state index in [1.165, 1.54) is 18.2 Å². The summed E-state index contributed by atoms with van der Waals surface area (Å²) < 4.78 is 62.1. The molecule has 0 aliphatic rings. The van der Waals surface area contributed by atoms with E-state index in [0.717, 1.165) is 6.92 Å². The van der Waals surface area contributed by atoms with Crippen molar-refractivity contribution in [2.45, 2.75) is 37.4 Å². The summed E-state index contributed by atoms with van der Waals surface area (Å²) in [6.45, 7) is 2.86. The highest BCUT2D eigenvalue weighted by Gasteiger charge is 2.32. The molecule has 0 saturated heterocycles. The Morgan fingerprint density at radius 2 is 1.95 bits per heavy atom. The first kappa shape index (κ1) is 15.8. The van der Waals surface area contributed by atoms with Gasteiger partial charge < -0.3 is 5.73 Å². The number of benzene rings is 1. The lowest BCUT2D eigenvalue weighted by Crippen LogP contribution is -2.35. The van der Waals surface area contributed by atoms with E-state index in [-0.39, 0.29) is 10.6 Å². The molecule has 8 heteroatoms. The van der Waals surface area contributed by atoms with Crippen LogP contribution in [0.4, 0.5) is 18.9 Å². The number of nitrogens with one attached hydrogen (secondary N) is 1. The molecule has 0 heterocycles. The molecule has 1 unspecified atom stereocenters. The molecule has 0 fully saturated rings. The van der Waals surface area contributed by atoms with Crippen molar-refractivity contribution in [1.29, 1.82) is 0 Å². The maximum atomic E-state index is 12.1. The van der Waals surface area contributed by atoms with Gasteiger partial charge in [0, 0.05) is 11.7 Å². The van der Waals surface area contributed by atoms with Crippen molar-refractivity contribution in [2.75, 3.05) is 5.73 Å². The first-order valence-corrected chi connectivity index (χ1v) is 6.95. The maximum Gasteiger partial charge on any atom is 0.390 e. The Morgan fingerprint density at radius 3 is 2.42 bits per heavy atom. The van der Waals surface area contributed by atoms with Crippen LogP contribution in [0.5, 0.6) is 0 Å². The minimum atomic E-state index is -4.42. The average Bonchev–Trinajstić information content (AvgIpc) is 2.17. The quantitative estimate of drug-likeness (QED) is 0.837. The monoisotopic (exact) mass is 296 g/mol. The second-order valence-electron chi connectivity index (χ2n) is 4.36. The number of hydrogen-bond donors (Lipinski definition) is 2. The maximum absolute atomic E-state index is 12.1. The summed E-state index contributed by atoms with van der Waals surface area (Å²) in [7, 11) is -4.00. The van der Waals surface area contributed by atoms with E-state index in [9.17, 15) is 21.6 Å². The lowest BCUT2D eigenvalue weighted by molar-refractivity contribution is -0.137. The Bertz CT molecular complexity index is 556. The van der Waals surface area contributed by atoms with Gasteiger partial charge in [0.05, 0.1) is 11.3 Å². The summed E-state index contributed by atoms with van der Waals surface area (Å²) in [5.41, 5.74) is 6.54. The topological polar surface area (TPSA) is 72.2 Å². The molecule has 0 bridgehead atoms. The van der Waals surface area contributed by atoms with Crippen LogP contribution >= 0.6 is 0 Å². The molecule has 0 radical (unpaired) electrons. The van der Waals surface area contributed by atoms with Crippen LogP contribution in [0.25, 0.3) is 0 Å². The lowest BCUT2D eigenvalue weighted by atomic mass is 10.2. The van der Waals surface area contributed by atoms with Crippen LogP contribution in [-0.4, -0.2) is 20.6 Å². The van der Waals surface area contributed by atoms with Gasteiger partial charge in [-0.1, -0.05) is 6.07 Å². The van der Waals surface area contributed by atoms with E-state index in [1.54, 1.807) is 6.92 Å². The Hall–Kier alpha value is -1.28. The molecule has 0 aliphatic carbocycles. The number of hydrogen-bond acceptors (Lipinski definition) is 3. The zero-order valence-corrected chi connectivity index (χ0v) is 11.3. The number of halogens is 3. The lowest BCUT2D eigenvalue weighted by Gasteiger charge is -2.16. The first-order valence-electron chi connectivity index (χ1n) is 5.46. The van der Waals surface area contributed by atoms with E-state index in [4.69, 9.17) is 5.73 Å². The SMILES string of the molecule is Cc1ccc(S(=O)(=O)NC(C)CC(F)(F)F)cc1N. The van der Waals surface area contributed by atoms with E-state index in [1.807, 2.05) is 4.72 Å². The molecule has 3 N–H and O–H groups in total. The second kappa shape index (κ2) is 5.38. The average molecular weight is 296 g/mol. The fourth-order valence-corrected chi connectivity index (χ4v) is 2.79. The van der Waals surface area contributed by atoms with Gasteiger partial charge in [-0.05, 0) is 31.5 Å². The van der Waals surface area contributed by atoms with Gasteiger partial charge in [0.15, 0.2) is 0 Å². The smallest absolute Gasteiger partial charge is 0.390 e. The van der Waals surface area contributed by atoms with Gasteiger partial charge in [-0.2, -0.15) is 13.2 Å². The number of aryl methyl sites for hydroxylation is 1. The van der Waals surface area contributed by atoms with Gasteiger partial charge in [-0.25, -0.2) is 13.1 Å². The molecular weight excluding hydrogens is 281 g/mol. The van der Waals surface area contributed by atoms with Crippen LogP contribution in [0, 0.1) is 6.92 Å². The zero-order chi connectivity index (χ0) is 14.8. The largest absolute Gasteiger partial charge is 0.398 e. The Kier molecular flexibility index (Phi) is 4.46. The van der Waals surface area contributed by atoms with Crippen molar-refractivity contribution >= 4 is 15.7 Å². The minimum Gasteiger partial charge on any atom is -0.398 e. The van der Waals surface area contributed by atoms with Gasteiger partial charge in [-0.3, -0.25) is 0 Å². The van der Waals surface area contributed by atoms with Crippen molar-refractivity contribution < 1.29 is 21.6 Å². The van der Waals surface area contributed by atoms with Crippen LogP contribution in [0.2, 0.25) is 0 Å². The Balaban J connectivity index is 2.89. The standard InChI is InChI=1S/C11H15F3N2O2S/c1-7-3-4-9(5-10(7)15)19(17,18)16-8(2)6-11(12,13)14/h3-5,8,16H,6,15H2,1-2H3. The third kappa shape index (κ3) is 4.71. The highest BCUT2D eigenvalue weighted by Crippen LogP contribution is 2.23. The molecule has 4 nitrogen and oxygen atoms in total. The number of nitrogens with two attached hydrogens (primary N) is 1. The molecule has 1 aromatic carbocycles. The molecule has 0 spiro atoms. The Morgan fingerprint density at radius 1 is 1.37 bits per heavy atom. The molecule has 1 atom stereocenters. The number of rotatable bonds is 4. The van der Waals surface area contributed by atoms with Crippen molar-refractivity contribution in [3.8, 4) is 0 Å². The fraction of sp³-hybridized carbons (Fsp3) is 0.455. The van der Waals surface area contributed by atoms with Crippen LogP contribution in [0.3, 0.4) is 0 Å². The number of anilines is 1. The third-order valence-electron chi connectivity index (χ3n) is 2.45. The van der Waals surface area contributed by atoms with Gasteiger partial charge in [0.1, 0.15) is 0 Å². The highest BCUT2D eigenvalue weighted by atomic mass is 32.2. The van der Waals surface area contributed by atoms with Gasteiger partial charge >= 0.3 is 6.18 Å². The summed E-state index contributed by atoms with van der Waals surface area (Å²) in [6.07, 6.45) is -5.65. The van der Waals surface area contributed by atoms with Crippen LogP contribution in [0.15, 0.2) is 23.1 Å². The normalized spacial score (nSPS) is 14.4. The van der Waals surface area contributed by atoms with Crippen LogP contribution in [-0.2, 0) is 10.0 Å². The number of sulfonamides is 1. The molecule has 108 valence electrons. The van der Waals surface area contributed by atoms with Crippen molar-refractivity contribution in [3.63, 3.8) is 0 Å². The molecule has 0 saturated carbocycles. The molecule has 19 heavy (non-hydrogen) atoms. The minimum absolute atomic E-state index is 0.148. The summed E-state index contributed by atoms with van der Waals surface area (Å²) in [6, 6.07) is 2.78. The van der Waals surface area contributed by atoms with Crippen molar-refractivity contribution in [3.05, 3.63) is 23.8 Å². The van der Waals surface area contributed by atoms with E-state index < -0.39 is 28.7 Å². The van der Waals surface area contributed by atoms with E-state index in [0.29, 0.717) is 5.56 Å². The predicted molar refractivity (Wildman–Crippen MR) is 66.0 cm³/mol. The first-order chi connectivity index (χ1) is 8.51. The summed E-state index contributed by atoms with van der Waals surface area (Å²) in [4.78, 5) is -0.148. The Labute approximate surface area is 109 Å². The summed E-state index contributed by atoms with van der Waals surface area (Å²) >= 11 is 0. The van der Waals surface area contributed by atoms with Crippen molar-refractivity contribution in [1.82, 2.24) is 4.72 Å². The zero-order valence-electron chi connectivity index (χ0n) is 10.5. The molecule has 0 amide bonds. The van der Waals surface area contributed by atoms with Gasteiger partial charge in [0.2, 0.25) is 10.0 Å². The highest BCUT2D eigenvalue weighted by molar-refractivity contribution is 7.89. The van der Waals surface area contributed by atoms with E-state index >= 15 is 0 Å². The summed E-state index contributed by atoms with van der Waals surface area (Å²) in [5.74, 6) is 0. The van der Waals surface area contributed by atoms with E-state index in [2.05, 4.69) is 0 Å². The summed E-state index contributed by atoms with van der Waals surface area (Å²) in [5, 5.41) is 0. The van der Waals surface area contributed by atoms with Crippen LogP contribution in [0.1, 0.15) is 18.9 Å². The van der Waals surface area contributed by atoms with Gasteiger partial charge in [-0.15, -0.1) is 0 Å². The molecular formula is C11H15F3N2O2S. The third-order valence-corrected chi connectivity index (χ3v) is 4.04. The van der Waals surface area contributed by atoms with Crippen LogP contribution < -0.4 is 10.5 Å². The molecule has 0 aliphatic heterocycles. The second-order valence-corrected chi connectivity index (χ2v) is 6.07. The molecule has 1 aromatic rings. The number of alkyl halides is 3. The number of nitrogen functional groups attached to an aromatic ring is 1. The molecule has 0 aromatic heterocycles. The van der Waals surface area contributed by atoms with Crippen molar-refractivity contribution in [2.24, 2.45) is 0 Å². The van der Waals surface area contributed by atoms with Gasteiger partial charge in [0.25, 0.3) is 0 Å². The predicted octanol–water partition coefficient (Wildman–Crippen LogP) is 2.20.